The van der Waals surface area contributed by atoms with Crippen LogP contribution in [0.15, 0.2) is 30.3 Å². The Morgan fingerprint density at radius 1 is 1.23 bits per heavy atom. The Morgan fingerprint density at radius 2 is 1.81 bits per heavy atom. The Balaban J connectivity index is 0.00000110. The lowest BCUT2D eigenvalue weighted by atomic mass is 10.1. The Bertz CT molecular complexity index is 588. The van der Waals surface area contributed by atoms with Crippen LogP contribution in [0.25, 0.3) is 0 Å². The predicted octanol–water partition coefficient (Wildman–Crippen LogP) is 1.48. The Hall–Kier alpha value is -1.68. The quantitative estimate of drug-likeness (QED) is 0.301. The minimum absolute atomic E-state index is 0.0627. The molecule has 0 bridgehead atoms. The molecule has 0 unspecified atom stereocenters. The van der Waals surface area contributed by atoms with Gasteiger partial charge in [-0.15, -0.1) is 0 Å². The van der Waals surface area contributed by atoms with Crippen LogP contribution in [0.4, 0.5) is 4.79 Å². The zero-order valence-corrected chi connectivity index (χ0v) is 16.2. The minimum atomic E-state index is -3.67. The molecule has 26 heavy (non-hydrogen) atoms. The van der Waals surface area contributed by atoms with Crippen molar-refractivity contribution < 1.29 is 22.9 Å². The number of rotatable bonds is 10. The van der Waals surface area contributed by atoms with Crippen molar-refractivity contribution >= 4 is 16.2 Å². The Labute approximate surface area is 155 Å². The van der Waals surface area contributed by atoms with E-state index in [1.54, 1.807) is 0 Å². The molecule has 9 heteroatoms. The number of nitrogens with two attached hydrogens (primary N) is 1. The van der Waals surface area contributed by atoms with Gasteiger partial charge in [-0.25, -0.2) is 4.79 Å². The fraction of sp³-hybridized carbons (Fsp3) is 0.588. The lowest BCUT2D eigenvalue weighted by Gasteiger charge is -2.21. The number of hydrogen-bond acceptors (Lipinski definition) is 5. The lowest BCUT2D eigenvalue weighted by Crippen LogP contribution is -2.44. The van der Waals surface area contributed by atoms with E-state index in [0.29, 0.717) is 25.4 Å². The van der Waals surface area contributed by atoms with Crippen LogP contribution < -0.4 is 16.4 Å². The second-order valence-corrected chi connectivity index (χ2v) is 7.63. The molecule has 1 aromatic rings. The Morgan fingerprint density at radius 3 is 2.31 bits per heavy atom. The SMILES string of the molecule is CS(=O)(=O)O.C[C@@H](Cc1ccccc1)NC[C@H](CCCCN)NC(=O)O. The van der Waals surface area contributed by atoms with Gasteiger partial charge in [0.25, 0.3) is 10.1 Å². The topological polar surface area (TPSA) is 142 Å². The number of benzene rings is 1. The van der Waals surface area contributed by atoms with Gasteiger partial charge in [-0.3, -0.25) is 4.55 Å². The number of hydrogen-bond donors (Lipinski definition) is 5. The van der Waals surface area contributed by atoms with Crippen molar-refractivity contribution in [1.29, 1.82) is 0 Å². The molecule has 0 heterocycles. The summed E-state index contributed by atoms with van der Waals surface area (Å²) in [6.45, 7) is 3.41. The number of carboxylic acid groups (broad SMARTS) is 1. The van der Waals surface area contributed by atoms with E-state index in [0.717, 1.165) is 25.7 Å². The van der Waals surface area contributed by atoms with Crippen LogP contribution in [0.1, 0.15) is 31.7 Å². The summed E-state index contributed by atoms with van der Waals surface area (Å²) in [6, 6.07) is 10.5. The van der Waals surface area contributed by atoms with Gasteiger partial charge in [0.1, 0.15) is 0 Å². The second-order valence-electron chi connectivity index (χ2n) is 6.16. The van der Waals surface area contributed by atoms with Crippen LogP contribution in [0, 0.1) is 0 Å². The monoisotopic (exact) mass is 389 g/mol. The van der Waals surface area contributed by atoms with Gasteiger partial charge in [0.15, 0.2) is 0 Å². The summed E-state index contributed by atoms with van der Waals surface area (Å²) in [4.78, 5) is 10.8. The van der Waals surface area contributed by atoms with Gasteiger partial charge in [0, 0.05) is 18.6 Å². The van der Waals surface area contributed by atoms with Crippen molar-refractivity contribution in [2.45, 2.75) is 44.7 Å². The van der Waals surface area contributed by atoms with E-state index in [9.17, 15) is 13.2 Å². The van der Waals surface area contributed by atoms with Crippen LogP contribution in [0.5, 0.6) is 0 Å². The van der Waals surface area contributed by atoms with E-state index in [-0.39, 0.29) is 6.04 Å². The van der Waals surface area contributed by atoms with Crippen LogP contribution in [0.3, 0.4) is 0 Å². The van der Waals surface area contributed by atoms with Crippen molar-refractivity contribution in [3.63, 3.8) is 0 Å². The van der Waals surface area contributed by atoms with E-state index in [1.807, 2.05) is 18.2 Å². The van der Waals surface area contributed by atoms with Gasteiger partial charge in [0.05, 0.1) is 6.26 Å². The average Bonchev–Trinajstić information content (AvgIpc) is 2.51. The van der Waals surface area contributed by atoms with Gasteiger partial charge in [0.2, 0.25) is 0 Å². The van der Waals surface area contributed by atoms with Gasteiger partial charge in [-0.2, -0.15) is 8.42 Å². The van der Waals surface area contributed by atoms with Gasteiger partial charge in [-0.05, 0) is 38.3 Å². The van der Waals surface area contributed by atoms with E-state index in [2.05, 4.69) is 29.7 Å². The molecule has 0 spiro atoms. The van der Waals surface area contributed by atoms with E-state index in [1.165, 1.54) is 5.56 Å². The summed E-state index contributed by atoms with van der Waals surface area (Å²) < 4.78 is 25.9. The zero-order valence-electron chi connectivity index (χ0n) is 15.4. The summed E-state index contributed by atoms with van der Waals surface area (Å²) in [6.07, 6.45) is 3.36. The van der Waals surface area contributed by atoms with Crippen LogP contribution in [-0.2, 0) is 16.5 Å². The largest absolute Gasteiger partial charge is 0.465 e. The molecule has 1 aromatic carbocycles. The highest BCUT2D eigenvalue weighted by atomic mass is 32.2. The number of carbonyl (C=O) groups is 1. The van der Waals surface area contributed by atoms with E-state index in [4.69, 9.17) is 15.4 Å². The molecule has 0 aliphatic heterocycles. The molecule has 0 fully saturated rings. The van der Waals surface area contributed by atoms with Crippen molar-refractivity contribution in [3.05, 3.63) is 35.9 Å². The van der Waals surface area contributed by atoms with Crippen molar-refractivity contribution in [1.82, 2.24) is 10.6 Å². The maximum atomic E-state index is 10.8. The summed E-state index contributed by atoms with van der Waals surface area (Å²) in [7, 11) is -3.67. The third-order valence-corrected chi connectivity index (χ3v) is 3.43. The van der Waals surface area contributed by atoms with Crippen molar-refractivity contribution in [2.24, 2.45) is 5.73 Å². The standard InChI is InChI=1S/C16H27N3O2.CH4O3S/c1-13(11-14-7-3-2-4-8-14)18-12-15(19-16(20)21)9-5-6-10-17;1-5(2,3)4/h2-4,7-8,13,15,18-19H,5-6,9-12,17H2,1H3,(H,20,21);1H3,(H,2,3,4)/t13-,15-;/m0./s1. The predicted molar refractivity (Wildman–Crippen MR) is 103 cm³/mol. The maximum absolute atomic E-state index is 10.8. The maximum Gasteiger partial charge on any atom is 0.404 e. The van der Waals surface area contributed by atoms with E-state index < -0.39 is 16.2 Å². The molecule has 2 atom stereocenters. The number of nitrogens with one attached hydrogen (secondary N) is 2. The van der Waals surface area contributed by atoms with E-state index >= 15 is 0 Å². The van der Waals surface area contributed by atoms with Gasteiger partial charge >= 0.3 is 6.09 Å². The summed E-state index contributed by atoms with van der Waals surface area (Å²) in [5.41, 5.74) is 6.75. The van der Waals surface area contributed by atoms with Gasteiger partial charge < -0.3 is 21.5 Å². The molecule has 1 amide bonds. The van der Waals surface area contributed by atoms with Crippen LogP contribution >= 0.6 is 0 Å². The summed E-state index contributed by atoms with van der Waals surface area (Å²) in [5, 5.41) is 14.9. The molecule has 0 saturated heterocycles. The first-order valence-corrected chi connectivity index (χ1v) is 10.4. The summed E-state index contributed by atoms with van der Waals surface area (Å²) in [5.74, 6) is 0. The van der Waals surface area contributed by atoms with Crippen molar-refractivity contribution in [3.8, 4) is 0 Å². The summed E-state index contributed by atoms with van der Waals surface area (Å²) >= 11 is 0. The highest BCUT2D eigenvalue weighted by Gasteiger charge is 2.12. The van der Waals surface area contributed by atoms with Crippen molar-refractivity contribution in [2.75, 3.05) is 19.3 Å². The molecule has 0 saturated carbocycles. The first kappa shape index (κ1) is 24.3. The Kier molecular flexibility index (Phi) is 12.6. The second kappa shape index (κ2) is 13.5. The average molecular weight is 390 g/mol. The first-order chi connectivity index (χ1) is 12.1. The molecule has 0 radical (unpaired) electrons. The molecule has 8 nitrogen and oxygen atoms in total. The first-order valence-electron chi connectivity index (χ1n) is 8.51. The third-order valence-electron chi connectivity index (χ3n) is 3.43. The fourth-order valence-electron chi connectivity index (χ4n) is 2.32. The lowest BCUT2D eigenvalue weighted by molar-refractivity contribution is 0.188. The van der Waals surface area contributed by atoms with Crippen LogP contribution in [-0.4, -0.2) is 55.6 Å². The third kappa shape index (κ3) is 17.2. The molecule has 6 N–H and O–H groups in total. The molecule has 150 valence electrons. The highest BCUT2D eigenvalue weighted by molar-refractivity contribution is 7.85. The van der Waals surface area contributed by atoms with Gasteiger partial charge in [-0.1, -0.05) is 36.8 Å². The highest BCUT2D eigenvalue weighted by Crippen LogP contribution is 2.04. The number of amides is 1. The van der Waals surface area contributed by atoms with Crippen LogP contribution in [0.2, 0.25) is 0 Å². The zero-order chi connectivity index (χ0) is 20.0. The fourth-order valence-corrected chi connectivity index (χ4v) is 2.32. The molecular formula is C17H31N3O5S. The number of unbranched alkanes of at least 4 members (excludes halogenated alkanes) is 1. The molecule has 0 aliphatic rings. The minimum Gasteiger partial charge on any atom is -0.465 e. The smallest absolute Gasteiger partial charge is 0.404 e. The molecule has 1 rings (SSSR count). The molecular weight excluding hydrogens is 358 g/mol. The molecule has 0 aromatic heterocycles. The molecule has 0 aliphatic carbocycles. The normalized spacial score (nSPS) is 13.2.